The van der Waals surface area contributed by atoms with Gasteiger partial charge in [-0.15, -0.1) is 0 Å². The first-order valence-corrected chi connectivity index (χ1v) is 8.25. The van der Waals surface area contributed by atoms with E-state index in [0.717, 1.165) is 6.61 Å². The quantitative estimate of drug-likeness (QED) is 0.613. The number of sulfonamides is 1. The Balaban J connectivity index is 1.96. The van der Waals surface area contributed by atoms with E-state index in [9.17, 15) is 8.42 Å². The Morgan fingerprint density at radius 1 is 1.40 bits per heavy atom. The fraction of sp³-hybridized carbons (Fsp3) is 0.571. The van der Waals surface area contributed by atoms with Gasteiger partial charge in [0.25, 0.3) is 0 Å². The molecule has 0 atom stereocenters. The normalized spacial score (nSPS) is 15.8. The molecular formula is C14H22N2O3S. The number of nitrogen functional groups attached to an aromatic ring is 1. The summed E-state index contributed by atoms with van der Waals surface area (Å²) in [6.45, 7) is 3.29. The van der Waals surface area contributed by atoms with E-state index in [1.54, 1.807) is 32.2 Å². The molecule has 0 bridgehead atoms. The maximum atomic E-state index is 12.4. The molecule has 0 spiro atoms. The summed E-state index contributed by atoms with van der Waals surface area (Å²) in [5.41, 5.74) is 6.88. The molecule has 0 amide bonds. The van der Waals surface area contributed by atoms with Gasteiger partial charge in [-0.2, -0.15) is 4.31 Å². The molecule has 112 valence electrons. The molecule has 1 aliphatic rings. The van der Waals surface area contributed by atoms with Gasteiger partial charge in [-0.05, 0) is 49.4 Å². The molecule has 1 aliphatic carbocycles. The molecular weight excluding hydrogens is 276 g/mol. The lowest BCUT2D eigenvalue weighted by atomic mass is 10.2. The Hall–Kier alpha value is -1.11. The summed E-state index contributed by atoms with van der Waals surface area (Å²) in [5.74, 6) is 0.691. The monoisotopic (exact) mass is 298 g/mol. The Morgan fingerprint density at radius 3 is 2.70 bits per heavy atom. The molecule has 1 aromatic carbocycles. The fourth-order valence-corrected chi connectivity index (χ4v) is 3.33. The molecule has 0 radical (unpaired) electrons. The zero-order valence-corrected chi connectivity index (χ0v) is 12.8. The van der Waals surface area contributed by atoms with Crippen LogP contribution in [0.25, 0.3) is 0 Å². The second kappa shape index (κ2) is 6.11. The molecule has 0 heterocycles. The molecule has 2 rings (SSSR count). The van der Waals surface area contributed by atoms with E-state index in [4.69, 9.17) is 10.5 Å². The highest BCUT2D eigenvalue weighted by Crippen LogP contribution is 2.28. The van der Waals surface area contributed by atoms with Crippen LogP contribution in [0, 0.1) is 12.8 Å². The molecule has 1 saturated carbocycles. The van der Waals surface area contributed by atoms with Crippen molar-refractivity contribution in [2.45, 2.75) is 24.7 Å². The summed E-state index contributed by atoms with van der Waals surface area (Å²) in [5, 5.41) is 0. The van der Waals surface area contributed by atoms with Crippen LogP contribution in [0.15, 0.2) is 23.1 Å². The van der Waals surface area contributed by atoms with Crippen molar-refractivity contribution in [2.75, 3.05) is 32.5 Å². The number of aryl methyl sites for hydroxylation is 1. The van der Waals surface area contributed by atoms with Crippen molar-refractivity contribution in [1.29, 1.82) is 0 Å². The molecule has 1 fully saturated rings. The number of rotatable bonds is 7. The van der Waals surface area contributed by atoms with Crippen molar-refractivity contribution in [3.63, 3.8) is 0 Å². The molecule has 5 nitrogen and oxygen atoms in total. The minimum absolute atomic E-state index is 0.302. The minimum Gasteiger partial charge on any atom is -0.399 e. The summed E-state index contributed by atoms with van der Waals surface area (Å²) in [6.07, 6.45) is 2.47. The number of likely N-dealkylation sites (N-methyl/N-ethyl adjacent to an activating group) is 1. The first kappa shape index (κ1) is 15.3. The van der Waals surface area contributed by atoms with Crippen molar-refractivity contribution in [3.05, 3.63) is 23.8 Å². The summed E-state index contributed by atoms with van der Waals surface area (Å²) in [4.78, 5) is 0.302. The summed E-state index contributed by atoms with van der Waals surface area (Å²) in [7, 11) is -1.90. The lowest BCUT2D eigenvalue weighted by Gasteiger charge is -2.18. The lowest BCUT2D eigenvalue weighted by molar-refractivity contribution is 0.117. The van der Waals surface area contributed by atoms with Crippen LogP contribution in [-0.2, 0) is 14.8 Å². The third kappa shape index (κ3) is 3.71. The van der Waals surface area contributed by atoms with Gasteiger partial charge in [-0.3, -0.25) is 0 Å². The predicted molar refractivity (Wildman–Crippen MR) is 79.0 cm³/mol. The van der Waals surface area contributed by atoms with Crippen LogP contribution in [-0.4, -0.2) is 39.5 Å². The average molecular weight is 298 g/mol. The molecule has 0 saturated heterocycles. The first-order chi connectivity index (χ1) is 9.41. The Kier molecular flexibility index (Phi) is 4.67. The number of hydrogen-bond acceptors (Lipinski definition) is 4. The summed E-state index contributed by atoms with van der Waals surface area (Å²) in [6, 6.07) is 4.84. The largest absolute Gasteiger partial charge is 0.399 e. The van der Waals surface area contributed by atoms with Gasteiger partial charge in [0.15, 0.2) is 0 Å². The summed E-state index contributed by atoms with van der Waals surface area (Å²) >= 11 is 0. The zero-order chi connectivity index (χ0) is 14.8. The van der Waals surface area contributed by atoms with E-state index < -0.39 is 10.0 Å². The Bertz CT molecular complexity index is 568. The SMILES string of the molecule is Cc1cc(N)ccc1S(=O)(=O)N(C)CCOCC1CC1. The number of benzene rings is 1. The smallest absolute Gasteiger partial charge is 0.243 e. The number of ether oxygens (including phenoxy) is 1. The number of hydrogen-bond donors (Lipinski definition) is 1. The van der Waals surface area contributed by atoms with Gasteiger partial charge in [0.05, 0.1) is 11.5 Å². The molecule has 20 heavy (non-hydrogen) atoms. The van der Waals surface area contributed by atoms with Crippen molar-refractivity contribution in [3.8, 4) is 0 Å². The second-order valence-corrected chi connectivity index (χ2v) is 7.38. The van der Waals surface area contributed by atoms with E-state index in [1.165, 1.54) is 17.1 Å². The molecule has 0 aliphatic heterocycles. The fourth-order valence-electron chi connectivity index (χ4n) is 1.98. The van der Waals surface area contributed by atoms with Gasteiger partial charge in [0.1, 0.15) is 0 Å². The van der Waals surface area contributed by atoms with Crippen LogP contribution >= 0.6 is 0 Å². The Morgan fingerprint density at radius 2 is 2.10 bits per heavy atom. The van der Waals surface area contributed by atoms with E-state index >= 15 is 0 Å². The van der Waals surface area contributed by atoms with Crippen LogP contribution in [0.3, 0.4) is 0 Å². The zero-order valence-electron chi connectivity index (χ0n) is 12.0. The molecule has 6 heteroatoms. The molecule has 0 aromatic heterocycles. The maximum Gasteiger partial charge on any atom is 0.243 e. The highest BCUT2D eigenvalue weighted by Gasteiger charge is 2.24. The van der Waals surface area contributed by atoms with Crippen molar-refractivity contribution in [1.82, 2.24) is 4.31 Å². The highest BCUT2D eigenvalue weighted by atomic mass is 32.2. The molecule has 0 unspecified atom stereocenters. The standard InChI is InChI=1S/C14H22N2O3S/c1-11-9-13(15)5-6-14(11)20(17,18)16(2)7-8-19-10-12-3-4-12/h5-6,9,12H,3-4,7-8,10,15H2,1-2H3. The second-order valence-electron chi connectivity index (χ2n) is 5.37. The van der Waals surface area contributed by atoms with Crippen LogP contribution in [0.2, 0.25) is 0 Å². The van der Waals surface area contributed by atoms with Crippen LogP contribution in [0.1, 0.15) is 18.4 Å². The van der Waals surface area contributed by atoms with Crippen LogP contribution in [0.5, 0.6) is 0 Å². The van der Waals surface area contributed by atoms with Crippen LogP contribution in [0.4, 0.5) is 5.69 Å². The van der Waals surface area contributed by atoms with Gasteiger partial charge in [0, 0.05) is 25.9 Å². The predicted octanol–water partition coefficient (Wildman–Crippen LogP) is 1.62. The van der Waals surface area contributed by atoms with Crippen molar-refractivity contribution < 1.29 is 13.2 Å². The van der Waals surface area contributed by atoms with Gasteiger partial charge in [-0.1, -0.05) is 0 Å². The van der Waals surface area contributed by atoms with Crippen LogP contribution < -0.4 is 5.73 Å². The molecule has 2 N–H and O–H groups in total. The highest BCUT2D eigenvalue weighted by molar-refractivity contribution is 7.89. The van der Waals surface area contributed by atoms with Gasteiger partial charge >= 0.3 is 0 Å². The summed E-state index contributed by atoms with van der Waals surface area (Å²) < 4.78 is 31.7. The molecule has 1 aromatic rings. The number of nitrogens with zero attached hydrogens (tertiary/aromatic N) is 1. The van der Waals surface area contributed by atoms with E-state index in [1.807, 2.05) is 0 Å². The van der Waals surface area contributed by atoms with Gasteiger partial charge in [0.2, 0.25) is 10.0 Å². The van der Waals surface area contributed by atoms with E-state index in [0.29, 0.717) is 35.2 Å². The lowest BCUT2D eigenvalue weighted by Crippen LogP contribution is -2.31. The first-order valence-electron chi connectivity index (χ1n) is 6.81. The van der Waals surface area contributed by atoms with E-state index in [-0.39, 0.29) is 0 Å². The maximum absolute atomic E-state index is 12.4. The minimum atomic E-state index is -3.47. The van der Waals surface area contributed by atoms with Crippen molar-refractivity contribution in [2.24, 2.45) is 5.92 Å². The van der Waals surface area contributed by atoms with Gasteiger partial charge < -0.3 is 10.5 Å². The number of anilines is 1. The van der Waals surface area contributed by atoms with Crippen molar-refractivity contribution >= 4 is 15.7 Å². The third-order valence-electron chi connectivity index (χ3n) is 3.49. The topological polar surface area (TPSA) is 72.6 Å². The third-order valence-corrected chi connectivity index (χ3v) is 5.51. The number of nitrogens with two attached hydrogens (primary N) is 1. The van der Waals surface area contributed by atoms with E-state index in [2.05, 4.69) is 0 Å². The van der Waals surface area contributed by atoms with Gasteiger partial charge in [-0.25, -0.2) is 8.42 Å². The average Bonchev–Trinajstić information content (AvgIpc) is 3.17. The Labute approximate surface area is 120 Å².